The topological polar surface area (TPSA) is 68.2 Å². The Kier molecular flexibility index (Phi) is 5.82. The van der Waals surface area contributed by atoms with E-state index in [0.717, 1.165) is 21.4 Å². The van der Waals surface area contributed by atoms with Gasteiger partial charge in [-0.1, -0.05) is 42.0 Å². The summed E-state index contributed by atoms with van der Waals surface area (Å²) in [4.78, 5) is 12.8. The monoisotopic (exact) mass is 444 g/mol. The number of ether oxygens (including phenoxy) is 1. The number of aromatic nitrogens is 2. The number of carbonyl (C=O) groups excluding carboxylic acids is 1. The van der Waals surface area contributed by atoms with Gasteiger partial charge in [0.05, 0.1) is 19.3 Å². The standard InChI is InChI=1S/C23H23F3N4O2/c1-14-6-8-16(9-7-14)19-11-20(23(24,25)26)30-21(29-19)18(13-28-30)22(31)27-12-15-4-3-5-17(10-15)32-2/h3-10,13,19-20,29H,11-12H2,1-2H3,(H,27,31). The Morgan fingerprint density at radius 3 is 2.69 bits per heavy atom. The van der Waals surface area contributed by atoms with E-state index in [1.54, 1.807) is 37.4 Å². The molecule has 0 saturated heterocycles. The lowest BCUT2D eigenvalue weighted by molar-refractivity contribution is -0.173. The lowest BCUT2D eigenvalue weighted by Crippen LogP contribution is -2.36. The number of nitrogens with zero attached hydrogens (tertiary/aromatic N) is 2. The number of methoxy groups -OCH3 is 1. The lowest BCUT2D eigenvalue weighted by Gasteiger charge is -2.34. The number of rotatable bonds is 5. The van der Waals surface area contributed by atoms with Crippen molar-refractivity contribution < 1.29 is 22.7 Å². The van der Waals surface area contributed by atoms with Gasteiger partial charge in [0.1, 0.15) is 17.1 Å². The van der Waals surface area contributed by atoms with Crippen molar-refractivity contribution in [2.24, 2.45) is 0 Å². The number of anilines is 1. The van der Waals surface area contributed by atoms with Crippen LogP contribution in [0.1, 0.15) is 45.6 Å². The second-order valence-electron chi connectivity index (χ2n) is 7.79. The number of nitrogens with one attached hydrogen (secondary N) is 2. The van der Waals surface area contributed by atoms with Crippen molar-refractivity contribution in [3.63, 3.8) is 0 Å². The zero-order chi connectivity index (χ0) is 22.9. The molecule has 2 atom stereocenters. The molecule has 2 aromatic carbocycles. The maximum Gasteiger partial charge on any atom is 0.410 e. The molecule has 168 valence electrons. The average molecular weight is 444 g/mol. The summed E-state index contributed by atoms with van der Waals surface area (Å²) in [6.07, 6.45) is -3.54. The number of halogens is 3. The summed E-state index contributed by atoms with van der Waals surface area (Å²) in [7, 11) is 1.55. The maximum atomic E-state index is 13.8. The third kappa shape index (κ3) is 4.42. The zero-order valence-electron chi connectivity index (χ0n) is 17.6. The minimum absolute atomic E-state index is 0.0623. The van der Waals surface area contributed by atoms with Gasteiger partial charge < -0.3 is 15.4 Å². The Labute approximate surface area is 183 Å². The average Bonchev–Trinajstić information content (AvgIpc) is 3.21. The third-order valence-electron chi connectivity index (χ3n) is 5.55. The van der Waals surface area contributed by atoms with Crippen LogP contribution in [0.4, 0.5) is 19.0 Å². The van der Waals surface area contributed by atoms with E-state index in [0.29, 0.717) is 5.75 Å². The number of benzene rings is 2. The second-order valence-corrected chi connectivity index (χ2v) is 7.79. The lowest BCUT2D eigenvalue weighted by atomic mass is 9.96. The fourth-order valence-corrected chi connectivity index (χ4v) is 3.81. The van der Waals surface area contributed by atoms with Gasteiger partial charge in [-0.25, -0.2) is 4.68 Å². The van der Waals surface area contributed by atoms with Gasteiger partial charge in [0.2, 0.25) is 0 Å². The van der Waals surface area contributed by atoms with Crippen LogP contribution in [-0.2, 0) is 6.54 Å². The molecule has 1 aliphatic rings. The van der Waals surface area contributed by atoms with Crippen LogP contribution in [0.5, 0.6) is 5.75 Å². The van der Waals surface area contributed by atoms with E-state index in [1.807, 2.05) is 25.1 Å². The SMILES string of the molecule is COc1cccc(CNC(=O)c2cnn3c2NC(c2ccc(C)cc2)CC3C(F)(F)F)c1. The molecule has 0 radical (unpaired) electrons. The number of amides is 1. The van der Waals surface area contributed by atoms with Gasteiger partial charge in [-0.05, 0) is 30.2 Å². The molecule has 0 fully saturated rings. The fraction of sp³-hybridized carbons (Fsp3) is 0.304. The molecule has 1 aliphatic heterocycles. The molecule has 1 aromatic heterocycles. The van der Waals surface area contributed by atoms with Gasteiger partial charge in [0.25, 0.3) is 5.91 Å². The molecule has 32 heavy (non-hydrogen) atoms. The van der Waals surface area contributed by atoms with Crippen molar-refractivity contribution >= 4 is 11.7 Å². The molecule has 1 amide bonds. The fourth-order valence-electron chi connectivity index (χ4n) is 3.81. The van der Waals surface area contributed by atoms with Crippen LogP contribution in [0, 0.1) is 6.92 Å². The maximum absolute atomic E-state index is 13.8. The highest BCUT2D eigenvalue weighted by atomic mass is 19.4. The first kappa shape index (κ1) is 21.7. The first-order chi connectivity index (χ1) is 15.3. The van der Waals surface area contributed by atoms with Gasteiger partial charge in [-0.2, -0.15) is 18.3 Å². The summed E-state index contributed by atoms with van der Waals surface area (Å²) < 4.78 is 47.5. The van der Waals surface area contributed by atoms with Gasteiger partial charge in [-0.3, -0.25) is 4.79 Å². The largest absolute Gasteiger partial charge is 0.497 e. The first-order valence-corrected chi connectivity index (χ1v) is 10.1. The Morgan fingerprint density at radius 2 is 2.00 bits per heavy atom. The van der Waals surface area contributed by atoms with E-state index >= 15 is 0 Å². The molecule has 0 bridgehead atoms. The molecule has 0 saturated carbocycles. The van der Waals surface area contributed by atoms with E-state index in [-0.39, 0.29) is 24.3 Å². The molecule has 3 aromatic rings. The number of fused-ring (bicyclic) bond motifs is 1. The van der Waals surface area contributed by atoms with Crippen LogP contribution in [0.2, 0.25) is 0 Å². The van der Waals surface area contributed by atoms with E-state index in [1.165, 1.54) is 6.20 Å². The Hall–Kier alpha value is -3.49. The summed E-state index contributed by atoms with van der Waals surface area (Å²) in [5.74, 6) is 0.203. The van der Waals surface area contributed by atoms with Crippen LogP contribution >= 0.6 is 0 Å². The zero-order valence-corrected chi connectivity index (χ0v) is 17.6. The summed E-state index contributed by atoms with van der Waals surface area (Å²) in [6, 6.07) is 12.1. The number of aryl methyl sites for hydroxylation is 1. The highest BCUT2D eigenvalue weighted by molar-refractivity contribution is 5.98. The molecule has 2 N–H and O–H groups in total. The highest BCUT2D eigenvalue weighted by Gasteiger charge is 2.47. The second kappa shape index (κ2) is 8.57. The molecular weight excluding hydrogens is 421 g/mol. The molecular formula is C23H23F3N4O2. The van der Waals surface area contributed by atoms with Gasteiger partial charge in [-0.15, -0.1) is 0 Å². The van der Waals surface area contributed by atoms with Crippen LogP contribution in [0.25, 0.3) is 0 Å². The summed E-state index contributed by atoms with van der Waals surface area (Å²) in [6.45, 7) is 2.11. The number of carbonyl (C=O) groups is 1. The molecule has 9 heteroatoms. The van der Waals surface area contributed by atoms with Crippen molar-refractivity contribution in [2.75, 3.05) is 12.4 Å². The minimum Gasteiger partial charge on any atom is -0.497 e. The van der Waals surface area contributed by atoms with Crippen molar-refractivity contribution in [3.8, 4) is 5.75 Å². The van der Waals surface area contributed by atoms with Gasteiger partial charge in [0.15, 0.2) is 6.04 Å². The summed E-state index contributed by atoms with van der Waals surface area (Å²) >= 11 is 0. The molecule has 6 nitrogen and oxygen atoms in total. The predicted molar refractivity (Wildman–Crippen MR) is 114 cm³/mol. The predicted octanol–water partition coefficient (Wildman–Crippen LogP) is 4.79. The smallest absolute Gasteiger partial charge is 0.410 e. The van der Waals surface area contributed by atoms with Crippen molar-refractivity contribution in [1.29, 1.82) is 0 Å². The van der Waals surface area contributed by atoms with E-state index in [9.17, 15) is 18.0 Å². The van der Waals surface area contributed by atoms with Crippen LogP contribution in [0.15, 0.2) is 54.7 Å². The minimum atomic E-state index is -4.50. The molecule has 4 rings (SSSR count). The third-order valence-corrected chi connectivity index (χ3v) is 5.55. The van der Waals surface area contributed by atoms with Crippen LogP contribution in [0.3, 0.4) is 0 Å². The Morgan fingerprint density at radius 1 is 1.25 bits per heavy atom. The van der Waals surface area contributed by atoms with Crippen LogP contribution < -0.4 is 15.4 Å². The van der Waals surface area contributed by atoms with Gasteiger partial charge >= 0.3 is 6.18 Å². The number of hydrogen-bond acceptors (Lipinski definition) is 4. The van der Waals surface area contributed by atoms with Gasteiger partial charge in [0, 0.05) is 13.0 Å². The quantitative estimate of drug-likeness (QED) is 0.594. The van der Waals surface area contributed by atoms with Crippen molar-refractivity contribution in [3.05, 3.63) is 77.0 Å². The van der Waals surface area contributed by atoms with E-state index in [2.05, 4.69) is 15.7 Å². The van der Waals surface area contributed by atoms with E-state index in [4.69, 9.17) is 4.74 Å². The Balaban J connectivity index is 1.60. The molecule has 0 spiro atoms. The summed E-state index contributed by atoms with van der Waals surface area (Å²) in [5, 5.41) is 9.75. The first-order valence-electron chi connectivity index (χ1n) is 10.1. The van der Waals surface area contributed by atoms with Crippen molar-refractivity contribution in [2.45, 2.75) is 38.1 Å². The normalized spacial score (nSPS) is 17.9. The summed E-state index contributed by atoms with van der Waals surface area (Å²) in [5.41, 5.74) is 2.61. The molecule has 2 unspecified atom stereocenters. The van der Waals surface area contributed by atoms with E-state index < -0.39 is 24.2 Å². The van der Waals surface area contributed by atoms with Crippen molar-refractivity contribution in [1.82, 2.24) is 15.1 Å². The highest BCUT2D eigenvalue weighted by Crippen LogP contribution is 2.44. The van der Waals surface area contributed by atoms with Crippen LogP contribution in [-0.4, -0.2) is 29.0 Å². The molecule has 0 aliphatic carbocycles. The Bertz CT molecular complexity index is 1110. The number of hydrogen-bond donors (Lipinski definition) is 2. The molecule has 2 heterocycles. The number of alkyl halides is 3.